The van der Waals surface area contributed by atoms with Crippen molar-refractivity contribution in [2.24, 2.45) is 0 Å². The van der Waals surface area contributed by atoms with Crippen LogP contribution in [0.4, 0.5) is 0 Å². The van der Waals surface area contributed by atoms with Gasteiger partial charge >= 0.3 is 48.9 Å². The molecule has 2 aromatic rings. The second kappa shape index (κ2) is 14.2. The van der Waals surface area contributed by atoms with Crippen LogP contribution in [0.2, 0.25) is 0 Å². The van der Waals surface area contributed by atoms with Crippen molar-refractivity contribution in [1.82, 2.24) is 9.97 Å². The Morgan fingerprint density at radius 2 is 0.886 bits per heavy atom. The molecule has 17 heteroatoms. The van der Waals surface area contributed by atoms with E-state index in [9.17, 15) is 36.2 Å². The number of aromatic hydroxyl groups is 2. The molecule has 0 aliphatic carbocycles. The summed E-state index contributed by atoms with van der Waals surface area (Å²) < 4.78 is 64.0. The zero-order valence-electron chi connectivity index (χ0n) is 18.8. The fourth-order valence-electron chi connectivity index (χ4n) is 3.00. The third-order valence-electron chi connectivity index (χ3n) is 4.55. The maximum atomic E-state index is 10.7. The molecule has 14 nitrogen and oxygen atoms in total. The maximum absolute atomic E-state index is 10.7. The van der Waals surface area contributed by atoms with Gasteiger partial charge in [-0.3, -0.25) is 9.97 Å². The van der Waals surface area contributed by atoms with Crippen LogP contribution in [0.25, 0.3) is 0 Å². The van der Waals surface area contributed by atoms with E-state index in [1.165, 1.54) is 13.8 Å². The summed E-state index contributed by atoms with van der Waals surface area (Å²) in [7, 11) is -9.10. The van der Waals surface area contributed by atoms with Crippen molar-refractivity contribution in [3.05, 3.63) is 45.0 Å². The van der Waals surface area contributed by atoms with Crippen molar-refractivity contribution >= 4 is 69.1 Å². The zero-order chi connectivity index (χ0) is 26.4. The van der Waals surface area contributed by atoms with Gasteiger partial charge in [0.05, 0.1) is 60.7 Å². The van der Waals surface area contributed by atoms with Gasteiger partial charge in [-0.15, -0.1) is 0 Å². The van der Waals surface area contributed by atoms with Gasteiger partial charge in [0, 0.05) is 22.3 Å². The van der Waals surface area contributed by atoms with Gasteiger partial charge in [-0.05, 0) is 13.8 Å². The van der Waals surface area contributed by atoms with Crippen LogP contribution in [0.3, 0.4) is 0 Å². The number of hydrogen-bond donors (Lipinski definition) is 6. The van der Waals surface area contributed by atoms with Crippen molar-refractivity contribution in [1.29, 1.82) is 0 Å². The first-order valence-electron chi connectivity index (χ1n) is 9.31. The average Bonchev–Trinajstić information content (AvgIpc) is 2.70. The molecule has 0 aromatic carbocycles. The molecule has 0 amide bonds. The average molecular weight is 662 g/mol. The Balaban J connectivity index is 0.000000642. The molecule has 2 heterocycles. The molecule has 0 bridgehead atoms. The number of aliphatic hydroxyl groups excluding tert-OH is 4. The standard InChI is InChI=1S/2C9H13NO6S.Ba/c2*1-5-9(13)7(3-12)6(2-11)8(10-5)4-17(14,15)16;/h2*11-13H,2-4H2,1H3,(H,14,15,16);/q;;+2/p-2. The van der Waals surface area contributed by atoms with Gasteiger partial charge in [-0.2, -0.15) is 0 Å². The van der Waals surface area contributed by atoms with E-state index in [0.717, 1.165) is 0 Å². The number of aromatic nitrogens is 2. The predicted octanol–water partition coefficient (Wildman–Crippen LogP) is -2.13. The Morgan fingerprint density at radius 3 is 1.09 bits per heavy atom. The number of aliphatic hydroxyl groups is 4. The van der Waals surface area contributed by atoms with Crippen molar-refractivity contribution in [3.8, 4) is 11.5 Å². The van der Waals surface area contributed by atoms with E-state index >= 15 is 0 Å². The maximum Gasteiger partial charge on any atom is 2.00 e. The SMILES string of the molecule is Cc1nc(CS(=O)(=O)[O-])c(CO)c(CO)c1O.Cc1nc(CS(=O)(=O)[O-])c(CO)c(CO)c1O.[Ba+2]. The van der Waals surface area contributed by atoms with Gasteiger partial charge in [-0.25, -0.2) is 16.8 Å². The van der Waals surface area contributed by atoms with Crippen LogP contribution in [0.1, 0.15) is 45.0 Å². The van der Waals surface area contributed by atoms with E-state index in [-0.39, 0.29) is 105 Å². The Kier molecular flexibility index (Phi) is 13.8. The van der Waals surface area contributed by atoms with E-state index in [4.69, 9.17) is 20.4 Å². The molecule has 0 spiro atoms. The van der Waals surface area contributed by atoms with Crippen LogP contribution in [0, 0.1) is 13.8 Å². The van der Waals surface area contributed by atoms with E-state index in [2.05, 4.69) is 9.97 Å². The Hall–Kier alpha value is -0.869. The van der Waals surface area contributed by atoms with Crippen LogP contribution in [-0.4, -0.2) is 115 Å². The van der Waals surface area contributed by atoms with Crippen LogP contribution >= 0.6 is 0 Å². The first-order chi connectivity index (χ1) is 15.6. The summed E-state index contributed by atoms with van der Waals surface area (Å²) in [6.45, 7) is 0.379. The van der Waals surface area contributed by atoms with E-state index < -0.39 is 58.2 Å². The van der Waals surface area contributed by atoms with Crippen LogP contribution in [0.5, 0.6) is 11.5 Å². The van der Waals surface area contributed by atoms with Gasteiger partial charge < -0.3 is 39.7 Å². The molecule has 35 heavy (non-hydrogen) atoms. The monoisotopic (exact) mass is 662 g/mol. The number of hydrogen-bond acceptors (Lipinski definition) is 14. The number of rotatable bonds is 8. The first kappa shape index (κ1) is 34.1. The molecule has 0 radical (unpaired) electrons. The Labute approximate surface area is 241 Å². The summed E-state index contributed by atoms with van der Waals surface area (Å²) in [5.74, 6) is -2.42. The summed E-state index contributed by atoms with van der Waals surface area (Å²) in [5, 5.41) is 55.4. The van der Waals surface area contributed by atoms with Gasteiger partial charge in [0.1, 0.15) is 31.7 Å². The fraction of sp³-hybridized carbons (Fsp3) is 0.444. The van der Waals surface area contributed by atoms with Crippen molar-refractivity contribution < 1.29 is 56.6 Å². The van der Waals surface area contributed by atoms with Crippen LogP contribution in [-0.2, 0) is 58.2 Å². The molecule has 192 valence electrons. The molecule has 0 aliphatic heterocycles. The third kappa shape index (κ3) is 9.84. The van der Waals surface area contributed by atoms with Crippen LogP contribution in [0.15, 0.2) is 0 Å². The topological polar surface area (TPSA) is 262 Å². The second-order valence-corrected chi connectivity index (χ2v) is 9.74. The van der Waals surface area contributed by atoms with E-state index in [0.29, 0.717) is 0 Å². The Bertz CT molecular complexity index is 1150. The fourth-order valence-corrected chi connectivity index (χ4v) is 4.15. The molecule has 6 N–H and O–H groups in total. The summed E-state index contributed by atoms with van der Waals surface area (Å²) in [6.07, 6.45) is 0. The largest absolute Gasteiger partial charge is 2.00 e. The molecular formula is C18H24BaN2O12S2. The smallest absolute Gasteiger partial charge is 0.748 e. The molecule has 0 fully saturated rings. The quantitative estimate of drug-likeness (QED) is 0.130. The van der Waals surface area contributed by atoms with Gasteiger partial charge in [-0.1, -0.05) is 0 Å². The minimum absolute atomic E-state index is 0. The van der Waals surface area contributed by atoms with Crippen molar-refractivity contribution in [3.63, 3.8) is 0 Å². The van der Waals surface area contributed by atoms with Gasteiger partial charge in [0.25, 0.3) is 0 Å². The molecule has 0 saturated carbocycles. The van der Waals surface area contributed by atoms with E-state index in [1.54, 1.807) is 0 Å². The molecule has 0 saturated heterocycles. The summed E-state index contributed by atoms with van der Waals surface area (Å²) in [6, 6.07) is 0. The molecule has 0 unspecified atom stereocenters. The van der Waals surface area contributed by atoms with Crippen LogP contribution < -0.4 is 0 Å². The molecule has 2 aromatic heterocycles. The molecule has 0 aliphatic rings. The minimum atomic E-state index is -4.55. The summed E-state index contributed by atoms with van der Waals surface area (Å²) >= 11 is 0. The first-order valence-corrected chi connectivity index (χ1v) is 12.5. The Morgan fingerprint density at radius 1 is 0.629 bits per heavy atom. The van der Waals surface area contributed by atoms with Crippen molar-refractivity contribution in [2.75, 3.05) is 0 Å². The predicted molar refractivity (Wildman–Crippen MR) is 118 cm³/mol. The molecule has 0 atom stereocenters. The minimum Gasteiger partial charge on any atom is -0.748 e. The molecular weight excluding hydrogens is 638 g/mol. The zero-order valence-corrected chi connectivity index (χ0v) is 24.9. The van der Waals surface area contributed by atoms with E-state index in [1.807, 2.05) is 0 Å². The normalized spacial score (nSPS) is 11.4. The molecule has 2 rings (SSSR count). The number of aryl methyl sites for hydroxylation is 2. The van der Waals surface area contributed by atoms with Gasteiger partial charge in [0.2, 0.25) is 0 Å². The van der Waals surface area contributed by atoms with Crippen molar-refractivity contribution in [2.45, 2.75) is 51.8 Å². The number of pyridine rings is 2. The second-order valence-electron chi connectivity index (χ2n) is 6.94. The number of nitrogens with zero attached hydrogens (tertiary/aromatic N) is 2. The summed E-state index contributed by atoms with van der Waals surface area (Å²) in [4.78, 5) is 7.47. The third-order valence-corrected chi connectivity index (χ3v) is 5.80. The summed E-state index contributed by atoms with van der Waals surface area (Å²) in [5.41, 5.74) is -0.221. The van der Waals surface area contributed by atoms with Gasteiger partial charge in [0.15, 0.2) is 0 Å².